The van der Waals surface area contributed by atoms with Crippen molar-refractivity contribution >= 4 is 11.2 Å². The van der Waals surface area contributed by atoms with Gasteiger partial charge in [0.1, 0.15) is 11.5 Å². The lowest BCUT2D eigenvalue weighted by atomic mass is 10.1. The molecule has 1 nitrogen and oxygen atoms in total. The SMILES string of the molecule is CC[S+]([O-])CCCCCC(C)C. The van der Waals surface area contributed by atoms with Crippen LogP contribution >= 0.6 is 0 Å². The van der Waals surface area contributed by atoms with E-state index in [1.165, 1.54) is 19.3 Å². The van der Waals surface area contributed by atoms with Crippen LogP contribution in [0.3, 0.4) is 0 Å². The number of rotatable bonds is 7. The molecule has 0 N–H and O–H groups in total. The first kappa shape index (κ1) is 12.3. The van der Waals surface area contributed by atoms with E-state index in [1.807, 2.05) is 6.92 Å². The van der Waals surface area contributed by atoms with Gasteiger partial charge in [0.05, 0.1) is 0 Å². The summed E-state index contributed by atoms with van der Waals surface area (Å²) in [5.41, 5.74) is 0. The molecule has 0 aromatic heterocycles. The van der Waals surface area contributed by atoms with Crippen molar-refractivity contribution in [2.45, 2.75) is 46.5 Å². The first-order valence-corrected chi connectivity index (χ1v) is 6.50. The molecular weight excluding hydrogens is 168 g/mol. The van der Waals surface area contributed by atoms with Gasteiger partial charge in [0, 0.05) is 0 Å². The van der Waals surface area contributed by atoms with E-state index in [9.17, 15) is 4.55 Å². The Morgan fingerprint density at radius 1 is 1.17 bits per heavy atom. The van der Waals surface area contributed by atoms with Crippen molar-refractivity contribution in [3.05, 3.63) is 0 Å². The molecule has 0 aromatic carbocycles. The fraction of sp³-hybridized carbons (Fsp3) is 1.00. The van der Waals surface area contributed by atoms with Crippen molar-refractivity contribution in [1.29, 1.82) is 0 Å². The molecule has 0 aliphatic carbocycles. The average molecular weight is 190 g/mol. The zero-order valence-electron chi connectivity index (χ0n) is 8.64. The summed E-state index contributed by atoms with van der Waals surface area (Å²) in [6, 6.07) is 0. The van der Waals surface area contributed by atoms with Crippen LogP contribution in [0.4, 0.5) is 0 Å². The van der Waals surface area contributed by atoms with E-state index in [2.05, 4.69) is 13.8 Å². The minimum atomic E-state index is -0.541. The monoisotopic (exact) mass is 190 g/mol. The molecule has 0 radical (unpaired) electrons. The summed E-state index contributed by atoms with van der Waals surface area (Å²) in [6.45, 7) is 6.50. The number of unbranched alkanes of at least 4 members (excludes halogenated alkanes) is 2. The highest BCUT2D eigenvalue weighted by Crippen LogP contribution is 2.08. The van der Waals surface area contributed by atoms with Gasteiger partial charge < -0.3 is 4.55 Å². The quantitative estimate of drug-likeness (QED) is 0.447. The van der Waals surface area contributed by atoms with Gasteiger partial charge in [0.2, 0.25) is 0 Å². The Morgan fingerprint density at radius 2 is 1.83 bits per heavy atom. The van der Waals surface area contributed by atoms with E-state index in [4.69, 9.17) is 0 Å². The van der Waals surface area contributed by atoms with Crippen LogP contribution in [0.1, 0.15) is 46.5 Å². The third-order valence-electron chi connectivity index (χ3n) is 1.98. The van der Waals surface area contributed by atoms with Crippen molar-refractivity contribution in [2.24, 2.45) is 5.92 Å². The lowest BCUT2D eigenvalue weighted by Gasteiger charge is -2.08. The van der Waals surface area contributed by atoms with Crippen LogP contribution in [0.15, 0.2) is 0 Å². The Bertz CT molecular complexity index is 93.8. The Labute approximate surface area is 80.1 Å². The Morgan fingerprint density at radius 3 is 2.33 bits per heavy atom. The molecule has 74 valence electrons. The third kappa shape index (κ3) is 8.41. The smallest absolute Gasteiger partial charge is 0.105 e. The summed E-state index contributed by atoms with van der Waals surface area (Å²) in [5.74, 6) is 2.56. The van der Waals surface area contributed by atoms with Crippen molar-refractivity contribution in [2.75, 3.05) is 11.5 Å². The molecule has 1 unspecified atom stereocenters. The molecule has 0 saturated heterocycles. The minimum Gasteiger partial charge on any atom is -0.616 e. The first-order valence-electron chi connectivity index (χ1n) is 5.01. The van der Waals surface area contributed by atoms with Gasteiger partial charge in [-0.05, 0) is 25.7 Å². The van der Waals surface area contributed by atoms with E-state index < -0.39 is 11.2 Å². The summed E-state index contributed by atoms with van der Waals surface area (Å²) >= 11 is -0.541. The fourth-order valence-electron chi connectivity index (χ4n) is 1.14. The van der Waals surface area contributed by atoms with Gasteiger partial charge in [-0.3, -0.25) is 0 Å². The molecule has 0 rings (SSSR count). The van der Waals surface area contributed by atoms with E-state index in [1.54, 1.807) is 0 Å². The maximum Gasteiger partial charge on any atom is 0.105 e. The van der Waals surface area contributed by atoms with E-state index in [-0.39, 0.29) is 0 Å². The lowest BCUT2D eigenvalue weighted by Crippen LogP contribution is -2.08. The lowest BCUT2D eigenvalue weighted by molar-refractivity contribution is 0.532. The van der Waals surface area contributed by atoms with Gasteiger partial charge >= 0.3 is 0 Å². The summed E-state index contributed by atoms with van der Waals surface area (Å²) < 4.78 is 11.0. The molecule has 0 amide bonds. The second-order valence-electron chi connectivity index (χ2n) is 3.68. The van der Waals surface area contributed by atoms with Crippen molar-refractivity contribution in [3.63, 3.8) is 0 Å². The molecule has 0 aliphatic rings. The van der Waals surface area contributed by atoms with Crippen molar-refractivity contribution in [3.8, 4) is 0 Å². The van der Waals surface area contributed by atoms with Gasteiger partial charge in [-0.1, -0.05) is 37.9 Å². The minimum absolute atomic E-state index is 0.541. The van der Waals surface area contributed by atoms with Crippen molar-refractivity contribution in [1.82, 2.24) is 0 Å². The zero-order chi connectivity index (χ0) is 9.40. The average Bonchev–Trinajstić information content (AvgIpc) is 2.03. The van der Waals surface area contributed by atoms with Crippen LogP contribution in [0.25, 0.3) is 0 Å². The second-order valence-corrected chi connectivity index (χ2v) is 5.54. The molecule has 0 bridgehead atoms. The molecular formula is C10H22OS. The molecule has 12 heavy (non-hydrogen) atoms. The van der Waals surface area contributed by atoms with Crippen LogP contribution in [-0.4, -0.2) is 16.1 Å². The van der Waals surface area contributed by atoms with Crippen LogP contribution in [0.2, 0.25) is 0 Å². The third-order valence-corrected chi connectivity index (χ3v) is 3.36. The van der Waals surface area contributed by atoms with Gasteiger partial charge in [-0.25, -0.2) is 0 Å². The van der Waals surface area contributed by atoms with E-state index >= 15 is 0 Å². The Kier molecular flexibility index (Phi) is 8.14. The van der Waals surface area contributed by atoms with Crippen LogP contribution in [-0.2, 0) is 11.2 Å². The molecule has 0 aromatic rings. The molecule has 0 heterocycles. The predicted octanol–water partition coefficient (Wildman–Crippen LogP) is 2.97. The van der Waals surface area contributed by atoms with E-state index in [0.29, 0.717) is 0 Å². The molecule has 0 saturated carbocycles. The van der Waals surface area contributed by atoms with Gasteiger partial charge in [-0.15, -0.1) is 0 Å². The van der Waals surface area contributed by atoms with Crippen LogP contribution < -0.4 is 0 Å². The highest BCUT2D eigenvalue weighted by atomic mass is 32.2. The highest BCUT2D eigenvalue weighted by molar-refractivity contribution is 7.91. The second kappa shape index (κ2) is 7.93. The standard InChI is InChI=1S/C10H22OS/c1-4-12(11)9-7-5-6-8-10(2)3/h10H,4-9H2,1-3H3. The van der Waals surface area contributed by atoms with Gasteiger partial charge in [0.25, 0.3) is 0 Å². The topological polar surface area (TPSA) is 23.1 Å². The van der Waals surface area contributed by atoms with Gasteiger partial charge in [-0.2, -0.15) is 0 Å². The number of hydrogen-bond donors (Lipinski definition) is 0. The summed E-state index contributed by atoms with van der Waals surface area (Å²) in [7, 11) is 0. The van der Waals surface area contributed by atoms with Crippen molar-refractivity contribution < 1.29 is 4.55 Å². The highest BCUT2D eigenvalue weighted by Gasteiger charge is 2.01. The fourth-order valence-corrected chi connectivity index (χ4v) is 1.95. The molecule has 1 atom stereocenters. The maximum atomic E-state index is 11.0. The molecule has 0 aliphatic heterocycles. The normalized spacial score (nSPS) is 13.8. The Balaban J connectivity index is 3.00. The van der Waals surface area contributed by atoms with Crippen LogP contribution in [0, 0.1) is 5.92 Å². The van der Waals surface area contributed by atoms with Gasteiger partial charge in [0.15, 0.2) is 0 Å². The maximum absolute atomic E-state index is 11.0. The van der Waals surface area contributed by atoms with Crippen LogP contribution in [0.5, 0.6) is 0 Å². The summed E-state index contributed by atoms with van der Waals surface area (Å²) in [5, 5.41) is 0. The zero-order valence-corrected chi connectivity index (χ0v) is 9.45. The Hall–Kier alpha value is 0.310. The molecule has 2 heteroatoms. The van der Waals surface area contributed by atoms with E-state index in [0.717, 1.165) is 23.8 Å². The number of hydrogen-bond acceptors (Lipinski definition) is 1. The first-order chi connectivity index (χ1) is 5.66. The molecule has 0 spiro atoms. The molecule has 0 fully saturated rings. The summed E-state index contributed by atoms with van der Waals surface area (Å²) in [4.78, 5) is 0. The summed E-state index contributed by atoms with van der Waals surface area (Å²) in [6.07, 6.45) is 5.02. The largest absolute Gasteiger partial charge is 0.616 e. The predicted molar refractivity (Wildman–Crippen MR) is 56.9 cm³/mol.